The average Bonchev–Trinajstić information content (AvgIpc) is 2.87. The fourth-order valence-electron chi connectivity index (χ4n) is 5.81. The van der Waals surface area contributed by atoms with Crippen LogP contribution in [0, 0.1) is 41.5 Å². The summed E-state index contributed by atoms with van der Waals surface area (Å²) in [4.78, 5) is 0. The van der Waals surface area contributed by atoms with E-state index < -0.39 is 28.9 Å². The Balaban J connectivity index is 1.84. The lowest BCUT2D eigenvalue weighted by Crippen LogP contribution is -2.54. The Labute approximate surface area is 244 Å². The Kier molecular flexibility index (Phi) is 7.94. The van der Waals surface area contributed by atoms with Gasteiger partial charge in [0.1, 0.15) is 0 Å². The van der Waals surface area contributed by atoms with Crippen molar-refractivity contribution in [3.05, 3.63) is 128 Å². The van der Waals surface area contributed by atoms with E-state index in [1.165, 1.54) is 30.2 Å². The topological polar surface area (TPSA) is 0 Å². The number of halogens is 6. The molecule has 0 aliphatic rings. The van der Waals surface area contributed by atoms with Gasteiger partial charge < -0.3 is 0 Å². The molecule has 4 rings (SSSR count). The smallest absolute Gasteiger partial charge is 0.169 e. The molecule has 0 unspecified atom stereocenters. The van der Waals surface area contributed by atoms with Gasteiger partial charge in [-0.25, -0.2) is 0 Å². The molecule has 0 saturated carbocycles. The SMILES string of the molecule is Cc1ccc(C(C)(C)c2ccc(-c3ccc(C(c4ccc(C)c(C)c4)(C(F)(F)F)C(F)(F)F)cc3C)c(C)c2)cc1C. The van der Waals surface area contributed by atoms with E-state index in [2.05, 4.69) is 45.9 Å². The van der Waals surface area contributed by atoms with Crippen LogP contribution in [-0.4, -0.2) is 12.4 Å². The molecule has 0 spiro atoms. The highest BCUT2D eigenvalue weighted by Crippen LogP contribution is 2.56. The Bertz CT molecular complexity index is 1620. The molecule has 6 heteroatoms. The molecule has 0 aromatic heterocycles. The summed E-state index contributed by atoms with van der Waals surface area (Å²) in [5, 5.41) is 0. The van der Waals surface area contributed by atoms with Crippen molar-refractivity contribution in [2.45, 2.75) is 78.6 Å². The highest BCUT2D eigenvalue weighted by Gasteiger charge is 2.72. The van der Waals surface area contributed by atoms with Crippen LogP contribution in [0.3, 0.4) is 0 Å². The van der Waals surface area contributed by atoms with E-state index in [4.69, 9.17) is 0 Å². The van der Waals surface area contributed by atoms with E-state index in [1.54, 1.807) is 13.8 Å². The first-order chi connectivity index (χ1) is 19.3. The standard InChI is InChI=1S/C36H36F6/c1-21-9-11-27(17-23(21)3)33(7,8)28-13-15-31(25(5)19-28)32-16-14-30(20-26(32)6)34(35(37,38)39,36(40,41)42)29-12-10-22(2)24(4)18-29/h9-20H,1-8H3. The van der Waals surface area contributed by atoms with Gasteiger partial charge in [-0.05, 0) is 108 Å². The number of benzene rings is 4. The maximum Gasteiger partial charge on any atom is 0.411 e. The van der Waals surface area contributed by atoms with Crippen LogP contribution in [0.5, 0.6) is 0 Å². The fourth-order valence-corrected chi connectivity index (χ4v) is 5.81. The van der Waals surface area contributed by atoms with Crippen molar-refractivity contribution in [2.75, 3.05) is 0 Å². The quantitative estimate of drug-likeness (QED) is 0.205. The van der Waals surface area contributed by atoms with E-state index in [1.807, 2.05) is 25.1 Å². The van der Waals surface area contributed by atoms with Crippen LogP contribution in [-0.2, 0) is 10.8 Å². The third kappa shape index (κ3) is 5.14. The maximum atomic E-state index is 14.7. The number of rotatable bonds is 5. The van der Waals surface area contributed by atoms with E-state index >= 15 is 0 Å². The molecule has 0 aliphatic carbocycles. The van der Waals surface area contributed by atoms with Gasteiger partial charge in [-0.15, -0.1) is 0 Å². The monoisotopic (exact) mass is 582 g/mol. The van der Waals surface area contributed by atoms with Gasteiger partial charge >= 0.3 is 12.4 Å². The second kappa shape index (κ2) is 10.6. The lowest BCUT2D eigenvalue weighted by molar-refractivity contribution is -0.288. The lowest BCUT2D eigenvalue weighted by Gasteiger charge is -2.39. The molecule has 0 amide bonds. The van der Waals surface area contributed by atoms with Gasteiger partial charge in [-0.2, -0.15) is 26.3 Å². The summed E-state index contributed by atoms with van der Waals surface area (Å²) in [5.74, 6) is 0. The van der Waals surface area contributed by atoms with Crippen molar-refractivity contribution >= 4 is 0 Å². The first-order valence-corrected chi connectivity index (χ1v) is 13.8. The number of aryl methyl sites for hydroxylation is 6. The number of alkyl halides is 6. The minimum atomic E-state index is -5.63. The van der Waals surface area contributed by atoms with Gasteiger partial charge in [0.25, 0.3) is 0 Å². The largest absolute Gasteiger partial charge is 0.411 e. The lowest BCUT2D eigenvalue weighted by atomic mass is 9.71. The van der Waals surface area contributed by atoms with Crippen molar-refractivity contribution < 1.29 is 26.3 Å². The molecule has 0 aliphatic heterocycles. The average molecular weight is 583 g/mol. The van der Waals surface area contributed by atoms with Crippen LogP contribution in [0.1, 0.15) is 69.5 Å². The minimum absolute atomic E-state index is 0.314. The molecule has 0 radical (unpaired) electrons. The predicted octanol–water partition coefficient (Wildman–Crippen LogP) is 10.9. The van der Waals surface area contributed by atoms with E-state index in [0.29, 0.717) is 22.3 Å². The minimum Gasteiger partial charge on any atom is -0.169 e. The molecule has 4 aromatic carbocycles. The molecular formula is C36H36F6. The van der Waals surface area contributed by atoms with E-state index in [9.17, 15) is 26.3 Å². The Hall–Kier alpha value is -3.54. The normalized spacial score (nSPS) is 13.0. The van der Waals surface area contributed by atoms with E-state index in [0.717, 1.165) is 46.5 Å². The van der Waals surface area contributed by atoms with E-state index in [-0.39, 0.29) is 5.41 Å². The van der Waals surface area contributed by atoms with Crippen LogP contribution in [0.2, 0.25) is 0 Å². The first-order valence-electron chi connectivity index (χ1n) is 13.8. The summed E-state index contributed by atoms with van der Waals surface area (Å²) < 4.78 is 88.3. The summed E-state index contributed by atoms with van der Waals surface area (Å²) in [7, 11) is 0. The molecule has 0 N–H and O–H groups in total. The van der Waals surface area contributed by atoms with Gasteiger partial charge in [0.15, 0.2) is 0 Å². The Morgan fingerprint density at radius 1 is 0.381 bits per heavy atom. The number of hydrogen-bond acceptors (Lipinski definition) is 0. The van der Waals surface area contributed by atoms with Crippen LogP contribution < -0.4 is 0 Å². The van der Waals surface area contributed by atoms with Gasteiger partial charge in [0, 0.05) is 5.41 Å². The summed E-state index contributed by atoms with van der Waals surface area (Å²) in [6, 6.07) is 18.9. The molecule has 0 atom stereocenters. The zero-order valence-electron chi connectivity index (χ0n) is 25.2. The summed E-state index contributed by atoms with van der Waals surface area (Å²) in [6.07, 6.45) is -11.3. The molecule has 222 valence electrons. The van der Waals surface area contributed by atoms with Gasteiger partial charge in [-0.3, -0.25) is 0 Å². The second-order valence-corrected chi connectivity index (χ2v) is 12.0. The van der Waals surface area contributed by atoms with Crippen molar-refractivity contribution in [2.24, 2.45) is 0 Å². The maximum absolute atomic E-state index is 14.7. The van der Waals surface area contributed by atoms with Crippen LogP contribution in [0.4, 0.5) is 26.3 Å². The zero-order valence-corrected chi connectivity index (χ0v) is 25.2. The molecule has 4 aromatic rings. The molecule has 0 bridgehead atoms. The third-order valence-electron chi connectivity index (χ3n) is 8.92. The molecule has 0 nitrogen and oxygen atoms in total. The molecular weight excluding hydrogens is 546 g/mol. The van der Waals surface area contributed by atoms with Crippen LogP contribution >= 0.6 is 0 Å². The van der Waals surface area contributed by atoms with Crippen molar-refractivity contribution in [1.29, 1.82) is 0 Å². The molecule has 0 saturated heterocycles. The molecule has 0 fully saturated rings. The Morgan fingerprint density at radius 3 is 1.07 bits per heavy atom. The second-order valence-electron chi connectivity index (χ2n) is 12.0. The van der Waals surface area contributed by atoms with Gasteiger partial charge in [-0.1, -0.05) is 86.6 Å². The molecule has 0 heterocycles. The van der Waals surface area contributed by atoms with Crippen molar-refractivity contribution in [3.63, 3.8) is 0 Å². The third-order valence-corrected chi connectivity index (χ3v) is 8.92. The van der Waals surface area contributed by atoms with Gasteiger partial charge in [0.2, 0.25) is 5.41 Å². The van der Waals surface area contributed by atoms with Crippen LogP contribution in [0.15, 0.2) is 72.8 Å². The Morgan fingerprint density at radius 2 is 0.690 bits per heavy atom. The zero-order chi connectivity index (χ0) is 31.4. The first kappa shape index (κ1) is 31.4. The van der Waals surface area contributed by atoms with Crippen LogP contribution in [0.25, 0.3) is 11.1 Å². The number of hydrogen-bond donors (Lipinski definition) is 0. The highest BCUT2D eigenvalue weighted by atomic mass is 19.4. The molecule has 42 heavy (non-hydrogen) atoms. The predicted molar refractivity (Wildman–Crippen MR) is 158 cm³/mol. The summed E-state index contributed by atoms with van der Waals surface area (Å²) >= 11 is 0. The van der Waals surface area contributed by atoms with Crippen molar-refractivity contribution in [1.82, 2.24) is 0 Å². The van der Waals surface area contributed by atoms with Crippen molar-refractivity contribution in [3.8, 4) is 11.1 Å². The summed E-state index contributed by atoms with van der Waals surface area (Å²) in [5.41, 5.74) is 1.97. The van der Waals surface area contributed by atoms with Gasteiger partial charge in [0.05, 0.1) is 0 Å². The summed E-state index contributed by atoms with van der Waals surface area (Å²) in [6.45, 7) is 15.0. The highest BCUT2D eigenvalue weighted by molar-refractivity contribution is 5.72. The fraction of sp³-hybridized carbons (Fsp3) is 0.333.